The number of carboxylic acid groups (broad SMARTS) is 2. The molecule has 0 atom stereocenters. The van der Waals surface area contributed by atoms with Crippen LogP contribution in [0.5, 0.6) is 0 Å². The van der Waals surface area contributed by atoms with Crippen LogP contribution in [0.1, 0.15) is 5.56 Å². The molecule has 110 valence electrons. The molecular weight excluding hydrogens is 341 g/mol. The summed E-state index contributed by atoms with van der Waals surface area (Å²) in [4.78, 5) is 22.5. The first-order valence-corrected chi connectivity index (χ1v) is 6.33. The van der Waals surface area contributed by atoms with E-state index in [2.05, 4.69) is 4.18 Å². The Labute approximate surface area is 125 Å². The largest absolute Gasteiger partial charge is 0.478 e. The minimum absolute atomic E-state index is 0.0432. The lowest BCUT2D eigenvalue weighted by molar-refractivity contribution is -0.172. The molecule has 0 heterocycles. The van der Waals surface area contributed by atoms with Gasteiger partial charge in [0.1, 0.15) is 0 Å². The van der Waals surface area contributed by atoms with Gasteiger partial charge >= 0.3 is 17.7 Å². The van der Waals surface area contributed by atoms with Crippen molar-refractivity contribution >= 4 is 47.2 Å². The Hall–Kier alpha value is -1.09. The Morgan fingerprint density at radius 2 is 1.75 bits per heavy atom. The van der Waals surface area contributed by atoms with Gasteiger partial charge in [-0.2, -0.15) is 8.78 Å². The van der Waals surface area contributed by atoms with Crippen molar-refractivity contribution in [3.8, 4) is 0 Å². The molecule has 1 aromatic carbocycles. The molecular formula is C10H6Cl2F2O5S. The fourth-order valence-electron chi connectivity index (χ4n) is 1.28. The van der Waals surface area contributed by atoms with Crippen LogP contribution < -0.4 is 0 Å². The molecule has 0 saturated heterocycles. The molecule has 0 fully saturated rings. The van der Waals surface area contributed by atoms with E-state index in [4.69, 9.17) is 33.4 Å². The number of benzene rings is 1. The van der Waals surface area contributed by atoms with Crippen molar-refractivity contribution in [1.29, 1.82) is 0 Å². The van der Waals surface area contributed by atoms with E-state index in [0.717, 1.165) is 18.2 Å². The second-order valence-electron chi connectivity index (χ2n) is 3.36. The van der Waals surface area contributed by atoms with Gasteiger partial charge in [0.25, 0.3) is 5.60 Å². The van der Waals surface area contributed by atoms with Gasteiger partial charge in [-0.05, 0) is 12.1 Å². The summed E-state index contributed by atoms with van der Waals surface area (Å²) in [7, 11) is 0. The minimum Gasteiger partial charge on any atom is -0.478 e. The molecule has 0 saturated carbocycles. The molecule has 2 N–H and O–H groups in total. The van der Waals surface area contributed by atoms with Crippen molar-refractivity contribution in [2.45, 2.75) is 11.4 Å². The third kappa shape index (κ3) is 3.32. The van der Waals surface area contributed by atoms with Crippen molar-refractivity contribution in [3.05, 3.63) is 33.8 Å². The quantitative estimate of drug-likeness (QED) is 0.607. The van der Waals surface area contributed by atoms with Crippen molar-refractivity contribution in [3.63, 3.8) is 0 Å². The first-order valence-electron chi connectivity index (χ1n) is 4.76. The average molecular weight is 347 g/mol. The van der Waals surface area contributed by atoms with Crippen molar-refractivity contribution in [2.24, 2.45) is 0 Å². The summed E-state index contributed by atoms with van der Waals surface area (Å²) in [6.45, 7) is 0. The number of rotatable bonds is 6. The number of alkyl halides is 2. The predicted octanol–water partition coefficient (Wildman–Crippen LogP) is 3.25. The molecule has 0 aliphatic carbocycles. The molecule has 0 aliphatic rings. The lowest BCUT2D eigenvalue weighted by Crippen LogP contribution is -2.45. The molecule has 10 heteroatoms. The second kappa shape index (κ2) is 6.57. The molecule has 20 heavy (non-hydrogen) atoms. The maximum absolute atomic E-state index is 12.2. The molecule has 0 radical (unpaired) electrons. The first kappa shape index (κ1) is 17.0. The summed E-state index contributed by atoms with van der Waals surface area (Å²) in [5, 5.41) is 18.1. The van der Waals surface area contributed by atoms with Gasteiger partial charge in [-0.25, -0.2) is 9.59 Å². The van der Waals surface area contributed by atoms with Crippen molar-refractivity contribution < 1.29 is 32.8 Å². The molecule has 0 aliphatic heterocycles. The van der Waals surface area contributed by atoms with E-state index in [0.29, 0.717) is 0 Å². The van der Waals surface area contributed by atoms with E-state index in [9.17, 15) is 18.4 Å². The summed E-state index contributed by atoms with van der Waals surface area (Å²) >= 11 is 10.7. The van der Waals surface area contributed by atoms with E-state index < -0.39 is 40.9 Å². The Morgan fingerprint density at radius 3 is 2.15 bits per heavy atom. The third-order valence-corrected chi connectivity index (χ3v) is 3.41. The van der Waals surface area contributed by atoms with Gasteiger partial charge in [-0.15, -0.1) is 0 Å². The highest BCUT2D eigenvalue weighted by atomic mass is 35.5. The van der Waals surface area contributed by atoms with E-state index in [1.165, 1.54) is 0 Å². The van der Waals surface area contributed by atoms with Crippen LogP contribution in [0.3, 0.4) is 0 Å². The smallest absolute Gasteiger partial charge is 0.354 e. The first-order chi connectivity index (χ1) is 9.21. The zero-order chi connectivity index (χ0) is 15.5. The van der Waals surface area contributed by atoms with Crippen LogP contribution in [0.2, 0.25) is 10.0 Å². The number of hydrogen-bond acceptors (Lipinski definition) is 4. The fraction of sp³-hybridized carbons (Fsp3) is 0.200. The molecule has 0 aromatic heterocycles. The molecule has 0 amide bonds. The molecule has 1 rings (SSSR count). The van der Waals surface area contributed by atoms with E-state index >= 15 is 0 Å². The summed E-state index contributed by atoms with van der Waals surface area (Å²) < 4.78 is 28.7. The zero-order valence-electron chi connectivity index (χ0n) is 9.35. The standard InChI is InChI=1S/C10H6Cl2F2O5S/c11-5-2-1-4(3-6(5)12)10(7(15)16,8(17)18)19-20-9(13)14/h1-3,9H,(H,15,16)(H,17,18). The van der Waals surface area contributed by atoms with Crippen LogP contribution in [-0.2, 0) is 19.4 Å². The molecule has 0 spiro atoms. The van der Waals surface area contributed by atoms with Crippen LogP contribution >= 0.6 is 35.2 Å². The monoisotopic (exact) mass is 346 g/mol. The van der Waals surface area contributed by atoms with Crippen LogP contribution in [-0.4, -0.2) is 27.9 Å². The Balaban J connectivity index is 3.37. The highest BCUT2D eigenvalue weighted by Crippen LogP contribution is 2.36. The minimum atomic E-state index is -3.11. The summed E-state index contributed by atoms with van der Waals surface area (Å²) in [5.41, 5.74) is -3.46. The third-order valence-electron chi connectivity index (χ3n) is 2.17. The van der Waals surface area contributed by atoms with E-state index in [1.807, 2.05) is 0 Å². The number of halogens is 4. The lowest BCUT2D eigenvalue weighted by atomic mass is 9.94. The predicted molar refractivity (Wildman–Crippen MR) is 68.1 cm³/mol. The number of carboxylic acids is 2. The number of aliphatic carboxylic acids is 2. The molecule has 0 unspecified atom stereocenters. The fourth-order valence-corrected chi connectivity index (χ4v) is 2.04. The Morgan fingerprint density at radius 1 is 1.20 bits per heavy atom. The normalized spacial score (nSPS) is 11.7. The SMILES string of the molecule is O=C(O)C(OSC(F)F)(C(=O)O)c1ccc(Cl)c(Cl)c1. The lowest BCUT2D eigenvalue weighted by Gasteiger charge is -2.24. The number of hydrogen-bond donors (Lipinski definition) is 2. The maximum atomic E-state index is 12.2. The van der Waals surface area contributed by atoms with E-state index in [-0.39, 0.29) is 10.0 Å². The maximum Gasteiger partial charge on any atom is 0.354 e. The van der Waals surface area contributed by atoms with Crippen LogP contribution in [0.15, 0.2) is 18.2 Å². The van der Waals surface area contributed by atoms with Crippen LogP contribution in [0.25, 0.3) is 0 Å². The van der Waals surface area contributed by atoms with Crippen molar-refractivity contribution in [2.75, 3.05) is 0 Å². The highest BCUT2D eigenvalue weighted by Gasteiger charge is 2.51. The van der Waals surface area contributed by atoms with Gasteiger partial charge in [0.05, 0.1) is 22.1 Å². The topological polar surface area (TPSA) is 83.8 Å². The van der Waals surface area contributed by atoms with Gasteiger partial charge in [0, 0.05) is 5.56 Å². The van der Waals surface area contributed by atoms with Crippen LogP contribution in [0.4, 0.5) is 8.78 Å². The van der Waals surface area contributed by atoms with Gasteiger partial charge in [-0.3, -0.25) is 4.18 Å². The Bertz CT molecular complexity index is 526. The van der Waals surface area contributed by atoms with Gasteiger partial charge in [0.2, 0.25) is 0 Å². The highest BCUT2D eigenvalue weighted by molar-refractivity contribution is 7.95. The van der Waals surface area contributed by atoms with Crippen LogP contribution in [0, 0.1) is 0 Å². The Kier molecular flexibility index (Phi) is 5.58. The molecule has 5 nitrogen and oxygen atoms in total. The number of carbonyl (C=O) groups is 2. The molecule has 1 aromatic rings. The van der Waals surface area contributed by atoms with Crippen molar-refractivity contribution in [1.82, 2.24) is 0 Å². The average Bonchev–Trinajstić information content (AvgIpc) is 2.33. The van der Waals surface area contributed by atoms with E-state index in [1.54, 1.807) is 0 Å². The summed E-state index contributed by atoms with van der Waals surface area (Å²) in [5.74, 6) is -7.07. The van der Waals surface area contributed by atoms with Gasteiger partial charge in [-0.1, -0.05) is 29.3 Å². The van der Waals surface area contributed by atoms with Gasteiger partial charge < -0.3 is 10.2 Å². The summed E-state index contributed by atoms with van der Waals surface area (Å²) in [6.07, 6.45) is 0. The molecule has 0 bridgehead atoms. The van der Waals surface area contributed by atoms with Gasteiger partial charge in [0.15, 0.2) is 0 Å². The summed E-state index contributed by atoms with van der Waals surface area (Å²) in [6, 6.07) is 3.08. The zero-order valence-corrected chi connectivity index (χ0v) is 11.7. The second-order valence-corrected chi connectivity index (χ2v) is 4.89.